The molecule has 2 rings (SSSR count). The maximum atomic E-state index is 13.5. The highest BCUT2D eigenvalue weighted by Gasteiger charge is 2.14. The zero-order valence-corrected chi connectivity index (χ0v) is 14.3. The molecule has 0 saturated heterocycles. The third-order valence-electron chi connectivity index (χ3n) is 2.94. The van der Waals surface area contributed by atoms with Crippen molar-refractivity contribution >= 4 is 38.9 Å². The third-order valence-corrected chi connectivity index (χ3v) is 4.74. The van der Waals surface area contributed by atoms with Crippen molar-refractivity contribution in [1.82, 2.24) is 5.32 Å². The number of nitrogens with one attached hydrogen (secondary N) is 1. The first-order valence-corrected chi connectivity index (χ1v) is 8.51. The molecule has 0 bridgehead atoms. The van der Waals surface area contributed by atoms with E-state index in [9.17, 15) is 4.39 Å². The Hall–Kier alpha value is -0.420. The molecule has 1 aromatic carbocycles. The topological polar surface area (TPSA) is 12.0 Å². The second-order valence-corrected chi connectivity index (χ2v) is 7.29. The molecule has 0 aliphatic heterocycles. The van der Waals surface area contributed by atoms with Crippen LogP contribution in [0.1, 0.15) is 29.8 Å². The SMILES string of the molecule is CCCNC(Cc1cc(F)cc(Br)c1)c1ccc(Cl)s1. The van der Waals surface area contributed by atoms with Gasteiger partial charge in [-0.15, -0.1) is 11.3 Å². The molecule has 108 valence electrons. The first-order valence-electron chi connectivity index (χ1n) is 6.52. The van der Waals surface area contributed by atoms with Gasteiger partial charge < -0.3 is 5.32 Å². The molecule has 0 spiro atoms. The Bertz CT molecular complexity index is 553. The highest BCUT2D eigenvalue weighted by molar-refractivity contribution is 9.10. The van der Waals surface area contributed by atoms with E-state index in [-0.39, 0.29) is 11.9 Å². The molecule has 5 heteroatoms. The summed E-state index contributed by atoms with van der Waals surface area (Å²) < 4.78 is 15.0. The van der Waals surface area contributed by atoms with E-state index in [4.69, 9.17) is 11.6 Å². The molecule has 0 fully saturated rings. The van der Waals surface area contributed by atoms with Crippen LogP contribution in [0.4, 0.5) is 4.39 Å². The second-order valence-electron chi connectivity index (χ2n) is 4.63. The molecule has 0 radical (unpaired) electrons. The van der Waals surface area contributed by atoms with Crippen LogP contribution in [0.2, 0.25) is 4.34 Å². The number of hydrogen-bond acceptors (Lipinski definition) is 2. The molecule has 20 heavy (non-hydrogen) atoms. The van der Waals surface area contributed by atoms with E-state index < -0.39 is 0 Å². The molecule has 0 amide bonds. The standard InChI is InChI=1S/C15H16BrClFNS/c1-2-5-19-13(14-3-4-15(17)20-14)8-10-6-11(16)9-12(18)7-10/h3-4,6-7,9,13,19H,2,5,8H2,1H3. The molecule has 0 saturated carbocycles. The summed E-state index contributed by atoms with van der Waals surface area (Å²) in [5, 5.41) is 3.50. The molecule has 1 N–H and O–H groups in total. The van der Waals surface area contributed by atoms with Gasteiger partial charge in [-0.05, 0) is 55.3 Å². The van der Waals surface area contributed by atoms with E-state index in [0.29, 0.717) is 0 Å². The predicted molar refractivity (Wildman–Crippen MR) is 88.2 cm³/mol. The van der Waals surface area contributed by atoms with Gasteiger partial charge in [-0.3, -0.25) is 0 Å². The molecule has 1 aromatic heterocycles. The Morgan fingerprint density at radius 3 is 2.75 bits per heavy atom. The minimum absolute atomic E-state index is 0.168. The number of hydrogen-bond donors (Lipinski definition) is 1. The van der Waals surface area contributed by atoms with Crippen LogP contribution in [-0.2, 0) is 6.42 Å². The Morgan fingerprint density at radius 1 is 1.35 bits per heavy atom. The second kappa shape index (κ2) is 7.55. The van der Waals surface area contributed by atoms with Gasteiger partial charge in [0.25, 0.3) is 0 Å². The zero-order valence-electron chi connectivity index (χ0n) is 11.1. The lowest BCUT2D eigenvalue weighted by Gasteiger charge is -2.17. The fourth-order valence-electron chi connectivity index (χ4n) is 2.07. The first-order chi connectivity index (χ1) is 9.58. The van der Waals surface area contributed by atoms with Crippen molar-refractivity contribution < 1.29 is 4.39 Å². The maximum absolute atomic E-state index is 13.5. The van der Waals surface area contributed by atoms with Crippen LogP contribution in [0, 0.1) is 5.82 Å². The van der Waals surface area contributed by atoms with Crippen LogP contribution in [0.15, 0.2) is 34.8 Å². The van der Waals surface area contributed by atoms with Crippen LogP contribution in [0.5, 0.6) is 0 Å². The van der Waals surface area contributed by atoms with Crippen LogP contribution >= 0.6 is 38.9 Å². The van der Waals surface area contributed by atoms with E-state index in [1.165, 1.54) is 10.9 Å². The van der Waals surface area contributed by atoms with E-state index in [0.717, 1.165) is 33.8 Å². The zero-order chi connectivity index (χ0) is 14.5. The van der Waals surface area contributed by atoms with Gasteiger partial charge in [-0.1, -0.05) is 34.5 Å². The van der Waals surface area contributed by atoms with Gasteiger partial charge in [0.1, 0.15) is 5.82 Å². The van der Waals surface area contributed by atoms with Gasteiger partial charge in [0.15, 0.2) is 0 Å². The molecule has 1 unspecified atom stereocenters. The van der Waals surface area contributed by atoms with E-state index >= 15 is 0 Å². The third kappa shape index (κ3) is 4.55. The lowest BCUT2D eigenvalue weighted by atomic mass is 10.0. The van der Waals surface area contributed by atoms with Gasteiger partial charge in [0.05, 0.1) is 4.34 Å². The van der Waals surface area contributed by atoms with Crippen LogP contribution < -0.4 is 5.32 Å². The summed E-state index contributed by atoms with van der Waals surface area (Å²) in [5.41, 5.74) is 0.968. The minimum atomic E-state index is -0.215. The molecule has 1 heterocycles. The van der Waals surface area contributed by atoms with Crippen molar-refractivity contribution in [2.45, 2.75) is 25.8 Å². The summed E-state index contributed by atoms with van der Waals surface area (Å²) in [7, 11) is 0. The highest BCUT2D eigenvalue weighted by atomic mass is 79.9. The normalized spacial score (nSPS) is 12.6. The number of halogens is 3. The lowest BCUT2D eigenvalue weighted by Crippen LogP contribution is -2.23. The average molecular weight is 377 g/mol. The van der Waals surface area contributed by atoms with Gasteiger partial charge in [0, 0.05) is 15.4 Å². The minimum Gasteiger partial charge on any atom is -0.309 e. The summed E-state index contributed by atoms with van der Waals surface area (Å²) >= 11 is 10.9. The Kier molecular flexibility index (Phi) is 6.02. The van der Waals surface area contributed by atoms with Gasteiger partial charge >= 0.3 is 0 Å². The maximum Gasteiger partial charge on any atom is 0.124 e. The van der Waals surface area contributed by atoms with Crippen LogP contribution in [0.3, 0.4) is 0 Å². The van der Waals surface area contributed by atoms with Crippen molar-refractivity contribution in [2.24, 2.45) is 0 Å². The largest absolute Gasteiger partial charge is 0.309 e. The van der Waals surface area contributed by atoms with Crippen molar-refractivity contribution in [3.8, 4) is 0 Å². The summed E-state index contributed by atoms with van der Waals surface area (Å²) in [6.07, 6.45) is 1.80. The fraction of sp³-hybridized carbons (Fsp3) is 0.333. The number of benzene rings is 1. The van der Waals surface area contributed by atoms with Crippen molar-refractivity contribution in [2.75, 3.05) is 6.54 Å². The smallest absolute Gasteiger partial charge is 0.124 e. The molecular formula is C15H16BrClFNS. The van der Waals surface area contributed by atoms with E-state index in [2.05, 4.69) is 28.2 Å². The van der Waals surface area contributed by atoms with Gasteiger partial charge in [-0.25, -0.2) is 4.39 Å². The predicted octanol–water partition coefficient (Wildman–Crippen LogP) is 5.59. The van der Waals surface area contributed by atoms with Crippen molar-refractivity contribution in [3.05, 3.63) is 55.4 Å². The Morgan fingerprint density at radius 2 is 2.15 bits per heavy atom. The molecule has 1 atom stereocenters. The Balaban J connectivity index is 2.18. The van der Waals surface area contributed by atoms with Crippen LogP contribution in [0.25, 0.3) is 0 Å². The summed E-state index contributed by atoms with van der Waals surface area (Å²) in [5.74, 6) is -0.215. The van der Waals surface area contributed by atoms with Crippen molar-refractivity contribution in [1.29, 1.82) is 0 Å². The summed E-state index contributed by atoms with van der Waals surface area (Å²) in [4.78, 5) is 1.18. The van der Waals surface area contributed by atoms with Gasteiger partial charge in [0.2, 0.25) is 0 Å². The lowest BCUT2D eigenvalue weighted by molar-refractivity contribution is 0.534. The first kappa shape index (κ1) is 16.0. The van der Waals surface area contributed by atoms with E-state index in [1.54, 1.807) is 17.4 Å². The molecule has 1 nitrogen and oxygen atoms in total. The summed E-state index contributed by atoms with van der Waals surface area (Å²) in [6.45, 7) is 3.06. The molecule has 2 aromatic rings. The quantitative estimate of drug-likeness (QED) is 0.693. The molecule has 0 aliphatic rings. The number of rotatable bonds is 6. The molecule has 0 aliphatic carbocycles. The van der Waals surface area contributed by atoms with Crippen LogP contribution in [-0.4, -0.2) is 6.54 Å². The van der Waals surface area contributed by atoms with Crippen molar-refractivity contribution in [3.63, 3.8) is 0 Å². The molecular weight excluding hydrogens is 361 g/mol. The monoisotopic (exact) mass is 375 g/mol. The number of thiophene rings is 1. The fourth-order valence-corrected chi connectivity index (χ4v) is 3.72. The average Bonchev–Trinajstić information content (AvgIpc) is 2.80. The Labute approximate surface area is 136 Å². The van der Waals surface area contributed by atoms with E-state index in [1.807, 2.05) is 18.2 Å². The van der Waals surface area contributed by atoms with Gasteiger partial charge in [-0.2, -0.15) is 0 Å². The highest BCUT2D eigenvalue weighted by Crippen LogP contribution is 2.29. The summed E-state index contributed by atoms with van der Waals surface area (Å²) in [6, 6.07) is 9.12.